The van der Waals surface area contributed by atoms with Crippen molar-refractivity contribution in [1.29, 1.82) is 5.41 Å². The van der Waals surface area contributed by atoms with Crippen LogP contribution < -0.4 is 5.73 Å². The van der Waals surface area contributed by atoms with Crippen molar-refractivity contribution >= 4 is 29.1 Å². The number of esters is 1. The first-order chi connectivity index (χ1) is 8.49. The third kappa shape index (κ3) is 3.70. The van der Waals surface area contributed by atoms with E-state index < -0.39 is 5.97 Å². The Hall–Kier alpha value is -1.62. The summed E-state index contributed by atoms with van der Waals surface area (Å²) in [7, 11) is 0. The number of nitrogen functional groups attached to an aromatic ring is 1. The summed E-state index contributed by atoms with van der Waals surface area (Å²) in [6.45, 7) is 7.46. The van der Waals surface area contributed by atoms with Gasteiger partial charge in [0.15, 0.2) is 0 Å². The van der Waals surface area contributed by atoms with Gasteiger partial charge in [-0.1, -0.05) is 25.4 Å². The molecule has 0 unspecified atom stereocenters. The number of carbonyl (C=O) groups is 1. The van der Waals surface area contributed by atoms with E-state index in [-0.39, 0.29) is 34.3 Å². The van der Waals surface area contributed by atoms with Gasteiger partial charge in [0.2, 0.25) is 0 Å². The summed E-state index contributed by atoms with van der Waals surface area (Å²) in [6, 6.07) is 0. The van der Waals surface area contributed by atoms with Crippen LogP contribution in [0.5, 0.6) is 0 Å². The molecule has 0 fully saturated rings. The van der Waals surface area contributed by atoms with Crippen molar-refractivity contribution in [3.8, 4) is 0 Å². The fourth-order valence-corrected chi connectivity index (χ4v) is 1.57. The second-order valence-electron chi connectivity index (χ2n) is 3.09. The van der Waals surface area contributed by atoms with Crippen molar-refractivity contribution in [1.82, 2.24) is 4.98 Å². The average Bonchev–Trinajstić information content (AvgIpc) is 2.31. The lowest BCUT2D eigenvalue weighted by Crippen LogP contribution is -2.11. The van der Waals surface area contributed by atoms with E-state index in [2.05, 4.69) is 4.98 Å². The molecule has 0 atom stereocenters. The summed E-state index contributed by atoms with van der Waals surface area (Å²) in [5.41, 5.74) is 6.13. The zero-order valence-electron chi connectivity index (χ0n) is 11.0. The number of halogens is 1. The Morgan fingerprint density at radius 1 is 1.56 bits per heavy atom. The van der Waals surface area contributed by atoms with Gasteiger partial charge in [-0.2, -0.15) is 0 Å². The molecule has 0 aliphatic rings. The van der Waals surface area contributed by atoms with E-state index >= 15 is 0 Å². The normalized spacial score (nSPS) is 9.17. The smallest absolute Gasteiger partial charge is 0.341 e. The molecule has 1 rings (SSSR count). The quantitative estimate of drug-likeness (QED) is 0.653. The second kappa shape index (κ2) is 7.66. The SMILES string of the molecule is CC.CCOC(=O)c1cnc(N)c(C(C)=N)c1Cl. The van der Waals surface area contributed by atoms with Crippen LogP contribution in [0.25, 0.3) is 0 Å². The molecule has 5 nitrogen and oxygen atoms in total. The van der Waals surface area contributed by atoms with Crippen LogP contribution in [0.2, 0.25) is 5.02 Å². The summed E-state index contributed by atoms with van der Waals surface area (Å²) in [5, 5.41) is 7.61. The molecule has 0 radical (unpaired) electrons. The monoisotopic (exact) mass is 271 g/mol. The zero-order valence-corrected chi connectivity index (χ0v) is 11.8. The largest absolute Gasteiger partial charge is 0.462 e. The minimum absolute atomic E-state index is 0.110. The number of nitrogens with one attached hydrogen (secondary N) is 1. The third-order valence-corrected chi connectivity index (χ3v) is 2.31. The maximum atomic E-state index is 11.5. The van der Waals surface area contributed by atoms with Gasteiger partial charge in [0.25, 0.3) is 0 Å². The maximum Gasteiger partial charge on any atom is 0.341 e. The number of nitrogens with zero attached hydrogens (tertiary/aromatic N) is 1. The average molecular weight is 272 g/mol. The minimum atomic E-state index is -0.567. The Labute approximate surface area is 112 Å². The molecule has 3 N–H and O–H groups in total. The summed E-state index contributed by atoms with van der Waals surface area (Å²) in [5.74, 6) is -0.437. The van der Waals surface area contributed by atoms with E-state index in [1.165, 1.54) is 13.1 Å². The lowest BCUT2D eigenvalue weighted by atomic mass is 10.1. The lowest BCUT2D eigenvalue weighted by molar-refractivity contribution is 0.0526. The van der Waals surface area contributed by atoms with Crippen LogP contribution in [-0.2, 0) is 4.74 Å². The Kier molecular flexibility index (Phi) is 6.97. The number of rotatable bonds is 3. The van der Waals surface area contributed by atoms with Gasteiger partial charge in [-0.15, -0.1) is 0 Å². The van der Waals surface area contributed by atoms with E-state index in [0.717, 1.165) is 0 Å². The van der Waals surface area contributed by atoms with Gasteiger partial charge in [-0.3, -0.25) is 0 Å². The Bertz CT molecular complexity index is 447. The second-order valence-corrected chi connectivity index (χ2v) is 3.47. The number of hydrogen-bond donors (Lipinski definition) is 2. The third-order valence-electron chi connectivity index (χ3n) is 1.92. The van der Waals surface area contributed by atoms with Gasteiger partial charge >= 0.3 is 5.97 Å². The molecule has 0 bridgehead atoms. The van der Waals surface area contributed by atoms with Crippen molar-refractivity contribution in [2.24, 2.45) is 0 Å². The van der Waals surface area contributed by atoms with Gasteiger partial charge in [0.05, 0.1) is 22.8 Å². The van der Waals surface area contributed by atoms with Crippen LogP contribution in [0.1, 0.15) is 43.6 Å². The first-order valence-electron chi connectivity index (χ1n) is 5.65. The molecule has 1 heterocycles. The van der Waals surface area contributed by atoms with Crippen molar-refractivity contribution in [2.45, 2.75) is 27.7 Å². The number of hydrogen-bond acceptors (Lipinski definition) is 5. The number of pyridine rings is 1. The van der Waals surface area contributed by atoms with E-state index in [9.17, 15) is 4.79 Å². The topological polar surface area (TPSA) is 89.1 Å². The molecular weight excluding hydrogens is 254 g/mol. The molecule has 100 valence electrons. The first kappa shape index (κ1) is 16.4. The summed E-state index contributed by atoms with van der Waals surface area (Å²) >= 11 is 5.98. The van der Waals surface area contributed by atoms with Crippen LogP contribution in [0.15, 0.2) is 6.20 Å². The molecule has 18 heavy (non-hydrogen) atoms. The molecule has 0 saturated heterocycles. The minimum Gasteiger partial charge on any atom is -0.462 e. The van der Waals surface area contributed by atoms with Gasteiger partial charge in [0.1, 0.15) is 5.82 Å². The van der Waals surface area contributed by atoms with Crippen LogP contribution in [0, 0.1) is 5.41 Å². The Morgan fingerprint density at radius 2 is 2.11 bits per heavy atom. The van der Waals surface area contributed by atoms with Crippen molar-refractivity contribution in [2.75, 3.05) is 12.3 Å². The summed E-state index contributed by atoms with van der Waals surface area (Å²) < 4.78 is 4.81. The van der Waals surface area contributed by atoms with Gasteiger partial charge in [0, 0.05) is 11.9 Å². The first-order valence-corrected chi connectivity index (χ1v) is 6.03. The van der Waals surface area contributed by atoms with Gasteiger partial charge < -0.3 is 15.9 Å². The highest BCUT2D eigenvalue weighted by atomic mass is 35.5. The maximum absolute atomic E-state index is 11.5. The highest BCUT2D eigenvalue weighted by molar-refractivity contribution is 6.37. The van der Waals surface area contributed by atoms with Crippen LogP contribution in [0.3, 0.4) is 0 Å². The van der Waals surface area contributed by atoms with Gasteiger partial charge in [-0.25, -0.2) is 9.78 Å². The Balaban J connectivity index is 0.00000137. The highest BCUT2D eigenvalue weighted by Crippen LogP contribution is 2.25. The van der Waals surface area contributed by atoms with E-state index in [0.29, 0.717) is 0 Å². The predicted molar refractivity (Wildman–Crippen MR) is 73.5 cm³/mol. The summed E-state index contributed by atoms with van der Waals surface area (Å²) in [6.07, 6.45) is 1.25. The number of ether oxygens (including phenoxy) is 1. The number of aromatic nitrogens is 1. The Morgan fingerprint density at radius 3 is 2.56 bits per heavy atom. The lowest BCUT2D eigenvalue weighted by Gasteiger charge is -2.09. The number of anilines is 1. The van der Waals surface area contributed by atoms with Gasteiger partial charge in [-0.05, 0) is 13.8 Å². The van der Waals surface area contributed by atoms with Crippen molar-refractivity contribution in [3.63, 3.8) is 0 Å². The molecule has 0 amide bonds. The van der Waals surface area contributed by atoms with Crippen LogP contribution in [0.4, 0.5) is 5.82 Å². The number of carbonyl (C=O) groups excluding carboxylic acids is 1. The molecule has 6 heteroatoms. The summed E-state index contributed by atoms with van der Waals surface area (Å²) in [4.78, 5) is 15.3. The van der Waals surface area contributed by atoms with E-state index in [1.807, 2.05) is 13.8 Å². The van der Waals surface area contributed by atoms with Crippen LogP contribution in [-0.4, -0.2) is 23.3 Å². The highest BCUT2D eigenvalue weighted by Gasteiger charge is 2.18. The predicted octanol–water partition coefficient (Wildman–Crippen LogP) is 2.91. The molecule has 1 aromatic heterocycles. The van der Waals surface area contributed by atoms with Crippen LogP contribution >= 0.6 is 11.6 Å². The molecule has 0 saturated carbocycles. The molecule has 0 spiro atoms. The molecule has 0 aromatic carbocycles. The molecule has 1 aromatic rings. The van der Waals surface area contributed by atoms with E-state index in [1.54, 1.807) is 6.92 Å². The fourth-order valence-electron chi connectivity index (χ4n) is 1.21. The number of nitrogens with two attached hydrogens (primary N) is 1. The zero-order chi connectivity index (χ0) is 14.3. The van der Waals surface area contributed by atoms with Crippen molar-refractivity contribution < 1.29 is 9.53 Å². The molecule has 0 aliphatic carbocycles. The fraction of sp³-hybridized carbons (Fsp3) is 0.417. The van der Waals surface area contributed by atoms with E-state index in [4.69, 9.17) is 27.5 Å². The molecular formula is C12H18ClN3O2. The standard InChI is InChI=1S/C10H12ClN3O2.C2H6/c1-3-16-10(15)6-4-14-9(13)7(5(2)12)8(6)11;1-2/h4,12H,3H2,1-2H3,(H2,13,14);1-2H3. The molecule has 0 aliphatic heterocycles. The van der Waals surface area contributed by atoms with Crippen molar-refractivity contribution in [3.05, 3.63) is 22.3 Å².